The lowest BCUT2D eigenvalue weighted by molar-refractivity contribution is -0.0500. The maximum absolute atomic E-state index is 12.4. The Balaban J connectivity index is 2.40. The van der Waals surface area contributed by atoms with Gasteiger partial charge in [0.1, 0.15) is 5.75 Å². The number of hydrogen-bond donors (Lipinski definition) is 1. The Bertz CT molecular complexity index is 1080. The van der Waals surface area contributed by atoms with Gasteiger partial charge in [-0.3, -0.25) is 0 Å². The zero-order chi connectivity index (χ0) is 21.2. The van der Waals surface area contributed by atoms with Gasteiger partial charge in [0.2, 0.25) is 10.0 Å². The smallest absolute Gasteiger partial charge is 0.376 e. The maximum atomic E-state index is 12.4. The molecular formula is C15H12ClF3N2O5S2. The summed E-state index contributed by atoms with van der Waals surface area (Å²) in [6.45, 7) is 0. The second-order valence-corrected chi connectivity index (χ2v) is 9.04. The number of halogens is 4. The standard InChI is InChI=1S/C15H12ClF3N2O5S2/c1-27(22,23)21-20-14(10-2-6-12(16)7-3-10)11-4-8-13(9-5-11)26-28(24,25)15(17,18)19/h2-9,21H,1H3. The van der Waals surface area contributed by atoms with Crippen molar-refractivity contribution < 1.29 is 34.2 Å². The van der Waals surface area contributed by atoms with Crippen molar-refractivity contribution >= 4 is 37.5 Å². The van der Waals surface area contributed by atoms with Gasteiger partial charge in [-0.25, -0.2) is 13.2 Å². The number of rotatable bonds is 6. The molecule has 28 heavy (non-hydrogen) atoms. The first-order valence-corrected chi connectivity index (χ1v) is 10.9. The second kappa shape index (κ2) is 7.97. The molecule has 0 unspecified atom stereocenters. The average Bonchev–Trinajstić information content (AvgIpc) is 2.55. The van der Waals surface area contributed by atoms with Crippen molar-refractivity contribution in [1.29, 1.82) is 0 Å². The summed E-state index contributed by atoms with van der Waals surface area (Å²) in [4.78, 5) is 1.96. The molecular weight excluding hydrogens is 445 g/mol. The monoisotopic (exact) mass is 456 g/mol. The van der Waals surface area contributed by atoms with Crippen LogP contribution in [-0.2, 0) is 20.1 Å². The molecule has 0 radical (unpaired) electrons. The van der Waals surface area contributed by atoms with Crippen LogP contribution in [0.5, 0.6) is 5.75 Å². The summed E-state index contributed by atoms with van der Waals surface area (Å²) in [6, 6.07) is 10.5. The number of hydrazone groups is 1. The molecule has 0 aliphatic rings. The highest BCUT2D eigenvalue weighted by atomic mass is 35.5. The number of nitrogens with one attached hydrogen (secondary N) is 1. The summed E-state index contributed by atoms with van der Waals surface area (Å²) < 4.78 is 85.9. The van der Waals surface area contributed by atoms with Crippen LogP contribution in [0.4, 0.5) is 13.2 Å². The molecule has 2 aromatic rings. The first-order chi connectivity index (χ1) is 12.8. The fraction of sp³-hybridized carbons (Fsp3) is 0.133. The third kappa shape index (κ3) is 5.84. The Morgan fingerprint density at radius 1 is 0.964 bits per heavy atom. The van der Waals surface area contributed by atoms with Crippen LogP contribution in [0.2, 0.25) is 5.02 Å². The molecule has 1 N–H and O–H groups in total. The van der Waals surface area contributed by atoms with E-state index in [1.165, 1.54) is 24.3 Å². The number of alkyl halides is 3. The summed E-state index contributed by atoms with van der Waals surface area (Å²) in [7, 11) is -9.49. The van der Waals surface area contributed by atoms with E-state index in [-0.39, 0.29) is 11.3 Å². The number of sulfonamides is 1. The molecule has 0 aliphatic carbocycles. The van der Waals surface area contributed by atoms with Crippen molar-refractivity contribution in [3.8, 4) is 5.75 Å². The minimum absolute atomic E-state index is 0.118. The molecule has 2 rings (SSSR count). The summed E-state index contributed by atoms with van der Waals surface area (Å²) >= 11 is 5.81. The number of hydrogen-bond acceptors (Lipinski definition) is 6. The van der Waals surface area contributed by atoms with Gasteiger partial charge < -0.3 is 4.18 Å². The molecule has 0 aliphatic heterocycles. The topological polar surface area (TPSA) is 102 Å². The van der Waals surface area contributed by atoms with Crippen LogP contribution in [0, 0.1) is 0 Å². The summed E-state index contributed by atoms with van der Waals surface area (Å²) in [6.07, 6.45) is 0.884. The molecule has 0 saturated carbocycles. The quantitative estimate of drug-likeness (QED) is 0.312. The highest BCUT2D eigenvalue weighted by molar-refractivity contribution is 7.88. The summed E-state index contributed by atoms with van der Waals surface area (Å²) in [5, 5.41) is 4.22. The van der Waals surface area contributed by atoms with Gasteiger partial charge >= 0.3 is 15.6 Å². The Morgan fingerprint density at radius 2 is 1.43 bits per heavy atom. The van der Waals surface area contributed by atoms with Gasteiger partial charge in [0.05, 0.1) is 12.0 Å². The van der Waals surface area contributed by atoms with Crippen molar-refractivity contribution in [3.05, 3.63) is 64.7 Å². The van der Waals surface area contributed by atoms with Crippen LogP contribution in [0.3, 0.4) is 0 Å². The first-order valence-electron chi connectivity index (χ1n) is 7.20. The molecule has 0 spiro atoms. The van der Waals surface area contributed by atoms with Crippen molar-refractivity contribution in [3.63, 3.8) is 0 Å². The van der Waals surface area contributed by atoms with E-state index in [0.717, 1.165) is 18.4 Å². The molecule has 0 saturated heterocycles. The second-order valence-electron chi connectivity index (χ2n) is 5.34. The third-order valence-corrected chi connectivity index (χ3v) is 4.71. The van der Waals surface area contributed by atoms with Crippen LogP contribution >= 0.6 is 11.6 Å². The largest absolute Gasteiger partial charge is 0.534 e. The fourth-order valence-corrected chi connectivity index (χ4v) is 2.72. The van der Waals surface area contributed by atoms with E-state index in [0.29, 0.717) is 10.6 Å². The minimum Gasteiger partial charge on any atom is -0.376 e. The van der Waals surface area contributed by atoms with Crippen LogP contribution in [0.15, 0.2) is 53.6 Å². The van der Waals surface area contributed by atoms with Gasteiger partial charge in [0.25, 0.3) is 0 Å². The van der Waals surface area contributed by atoms with Crippen LogP contribution in [0.25, 0.3) is 0 Å². The SMILES string of the molecule is CS(=O)(=O)NN=C(c1ccc(Cl)cc1)c1ccc(OS(=O)(=O)C(F)(F)F)cc1. The van der Waals surface area contributed by atoms with Gasteiger partial charge in [-0.1, -0.05) is 23.7 Å². The zero-order valence-corrected chi connectivity index (χ0v) is 16.3. The van der Waals surface area contributed by atoms with Crippen LogP contribution in [0.1, 0.15) is 11.1 Å². The van der Waals surface area contributed by atoms with Crippen molar-refractivity contribution in [2.45, 2.75) is 5.51 Å². The van der Waals surface area contributed by atoms with Gasteiger partial charge in [-0.2, -0.15) is 26.7 Å². The molecule has 0 heterocycles. The van der Waals surface area contributed by atoms with E-state index in [1.54, 1.807) is 12.1 Å². The molecule has 2 aromatic carbocycles. The molecule has 0 fully saturated rings. The molecule has 0 atom stereocenters. The molecule has 7 nitrogen and oxygen atoms in total. The zero-order valence-electron chi connectivity index (χ0n) is 13.9. The van der Waals surface area contributed by atoms with Gasteiger partial charge in [0.15, 0.2) is 0 Å². The molecule has 13 heteroatoms. The first kappa shape index (κ1) is 22.0. The minimum atomic E-state index is -5.81. The number of benzene rings is 2. The lowest BCUT2D eigenvalue weighted by atomic mass is 10.0. The predicted octanol–water partition coefficient (Wildman–Crippen LogP) is 2.87. The lowest BCUT2D eigenvalue weighted by Crippen LogP contribution is -2.28. The summed E-state index contributed by atoms with van der Waals surface area (Å²) in [5.74, 6) is -0.576. The van der Waals surface area contributed by atoms with Gasteiger partial charge in [-0.15, -0.1) is 0 Å². The van der Waals surface area contributed by atoms with E-state index < -0.39 is 31.4 Å². The van der Waals surface area contributed by atoms with Gasteiger partial charge in [-0.05, 0) is 36.4 Å². The highest BCUT2D eigenvalue weighted by Gasteiger charge is 2.48. The molecule has 0 amide bonds. The van der Waals surface area contributed by atoms with Gasteiger partial charge in [0, 0.05) is 16.1 Å². The molecule has 152 valence electrons. The Morgan fingerprint density at radius 3 is 1.86 bits per heavy atom. The Labute approximate surface area is 164 Å². The lowest BCUT2D eigenvalue weighted by Gasteiger charge is -2.11. The maximum Gasteiger partial charge on any atom is 0.534 e. The Kier molecular flexibility index (Phi) is 6.26. The third-order valence-electron chi connectivity index (χ3n) is 3.06. The Hall–Kier alpha value is -2.31. The average molecular weight is 457 g/mol. The van der Waals surface area contributed by atoms with Crippen molar-refractivity contribution in [1.82, 2.24) is 4.83 Å². The fourth-order valence-electron chi connectivity index (χ4n) is 1.87. The highest BCUT2D eigenvalue weighted by Crippen LogP contribution is 2.27. The number of nitrogens with zero attached hydrogens (tertiary/aromatic N) is 1. The van der Waals surface area contributed by atoms with E-state index in [2.05, 4.69) is 9.28 Å². The molecule has 0 aromatic heterocycles. The predicted molar refractivity (Wildman–Crippen MR) is 97.1 cm³/mol. The normalized spacial score (nSPS) is 13.2. The van der Waals surface area contributed by atoms with Crippen molar-refractivity contribution in [2.24, 2.45) is 5.10 Å². The van der Waals surface area contributed by atoms with E-state index >= 15 is 0 Å². The summed E-state index contributed by atoms with van der Waals surface area (Å²) in [5.41, 5.74) is -4.74. The van der Waals surface area contributed by atoms with Crippen LogP contribution in [-0.4, -0.2) is 34.3 Å². The van der Waals surface area contributed by atoms with Crippen LogP contribution < -0.4 is 9.01 Å². The van der Waals surface area contributed by atoms with E-state index in [9.17, 15) is 30.0 Å². The van der Waals surface area contributed by atoms with Crippen molar-refractivity contribution in [2.75, 3.05) is 6.26 Å². The van der Waals surface area contributed by atoms with E-state index in [1.807, 2.05) is 4.83 Å². The van der Waals surface area contributed by atoms with E-state index in [4.69, 9.17) is 11.6 Å². The molecule has 0 bridgehead atoms.